The topological polar surface area (TPSA) is 119 Å². The number of nitrogens with zero attached hydrogens (tertiary/aromatic N) is 5. The summed E-state index contributed by atoms with van der Waals surface area (Å²) in [5, 5.41) is 19.6. The van der Waals surface area contributed by atoms with E-state index in [2.05, 4.69) is 23.1 Å². The maximum absolute atomic E-state index is 15.1. The molecule has 0 spiro atoms. The van der Waals surface area contributed by atoms with Gasteiger partial charge in [0.15, 0.2) is 0 Å². The average molecular weight is 706 g/mol. The van der Waals surface area contributed by atoms with Gasteiger partial charge in [-0.2, -0.15) is 0 Å². The molecule has 3 aliphatic rings. The number of carbonyl (C=O) groups excluding carboxylic acids is 2. The minimum atomic E-state index is -0.977. The summed E-state index contributed by atoms with van der Waals surface area (Å²) in [6.07, 6.45) is 2.13. The number of aromatic nitrogens is 1. The molecule has 272 valence electrons. The van der Waals surface area contributed by atoms with E-state index in [1.807, 2.05) is 47.7 Å². The first-order valence-electron chi connectivity index (χ1n) is 18.1. The van der Waals surface area contributed by atoms with Gasteiger partial charge in [0, 0.05) is 81.1 Å². The van der Waals surface area contributed by atoms with Crippen LogP contribution in [0.4, 0.5) is 10.5 Å². The van der Waals surface area contributed by atoms with E-state index < -0.39 is 6.09 Å². The Morgan fingerprint density at radius 2 is 1.62 bits per heavy atom. The van der Waals surface area contributed by atoms with Crippen molar-refractivity contribution in [3.05, 3.63) is 106 Å². The molecule has 3 aromatic carbocycles. The van der Waals surface area contributed by atoms with Crippen LogP contribution in [0.5, 0.6) is 5.75 Å². The summed E-state index contributed by atoms with van der Waals surface area (Å²) in [6, 6.07) is 20.6. The number of carbonyl (C=O) groups is 3. The second-order valence-electron chi connectivity index (χ2n) is 14.2. The van der Waals surface area contributed by atoms with E-state index in [-0.39, 0.29) is 30.2 Å². The molecule has 4 heterocycles. The van der Waals surface area contributed by atoms with Crippen LogP contribution in [0.15, 0.2) is 66.7 Å². The Morgan fingerprint density at radius 1 is 0.885 bits per heavy atom. The fraction of sp³-hybridized carbons (Fsp3) is 0.390. The molecule has 1 saturated heterocycles. The number of morpholine rings is 1. The second-order valence-corrected chi connectivity index (χ2v) is 14.2. The Morgan fingerprint density at radius 3 is 2.35 bits per heavy atom. The fourth-order valence-electron chi connectivity index (χ4n) is 7.92. The number of fused-ring (bicyclic) bond motifs is 2. The van der Waals surface area contributed by atoms with E-state index in [1.165, 1.54) is 10.5 Å². The van der Waals surface area contributed by atoms with E-state index in [1.54, 1.807) is 36.2 Å². The number of amides is 3. The molecule has 0 radical (unpaired) electrons. The molecule has 1 fully saturated rings. The van der Waals surface area contributed by atoms with Crippen molar-refractivity contribution < 1.29 is 29.3 Å². The lowest BCUT2D eigenvalue weighted by Gasteiger charge is -2.38. The zero-order valence-electron chi connectivity index (χ0n) is 30.2. The third-order valence-corrected chi connectivity index (χ3v) is 11.2. The third-order valence-electron chi connectivity index (χ3n) is 11.2. The van der Waals surface area contributed by atoms with Crippen molar-refractivity contribution in [2.45, 2.75) is 51.7 Å². The van der Waals surface area contributed by atoms with Crippen LogP contribution in [0.3, 0.4) is 0 Å². The first kappa shape index (κ1) is 35.3. The molecule has 7 rings (SSSR count). The monoisotopic (exact) mass is 705 g/mol. The molecule has 0 unspecified atom stereocenters. The van der Waals surface area contributed by atoms with Gasteiger partial charge < -0.3 is 34.2 Å². The Hall–Kier alpha value is -5.13. The van der Waals surface area contributed by atoms with Crippen LogP contribution in [0.25, 0.3) is 11.3 Å². The summed E-state index contributed by atoms with van der Waals surface area (Å²) < 4.78 is 7.51. The van der Waals surface area contributed by atoms with Gasteiger partial charge >= 0.3 is 6.09 Å². The van der Waals surface area contributed by atoms with Crippen LogP contribution in [0, 0.1) is 6.92 Å². The van der Waals surface area contributed by atoms with E-state index in [4.69, 9.17) is 4.74 Å². The molecule has 4 aromatic rings. The molecule has 52 heavy (non-hydrogen) atoms. The molecule has 1 aromatic heterocycles. The Balaban J connectivity index is 1.27. The fourth-order valence-corrected chi connectivity index (χ4v) is 7.92. The van der Waals surface area contributed by atoms with Crippen LogP contribution in [0.2, 0.25) is 0 Å². The van der Waals surface area contributed by atoms with Crippen LogP contribution >= 0.6 is 0 Å². The summed E-state index contributed by atoms with van der Waals surface area (Å²) in [5.74, 6) is -0.180. The van der Waals surface area contributed by atoms with Crippen LogP contribution in [-0.2, 0) is 37.7 Å². The molecule has 1 atom stereocenters. The summed E-state index contributed by atoms with van der Waals surface area (Å²) in [4.78, 5) is 48.4. The number of anilines is 1. The van der Waals surface area contributed by atoms with Crippen molar-refractivity contribution in [3.63, 3.8) is 0 Å². The Bertz CT molecular complexity index is 1980. The second kappa shape index (κ2) is 14.8. The zero-order chi connectivity index (χ0) is 36.5. The lowest BCUT2D eigenvalue weighted by molar-refractivity contribution is 0.0353. The first-order chi connectivity index (χ1) is 25.1. The van der Waals surface area contributed by atoms with E-state index in [9.17, 15) is 19.8 Å². The van der Waals surface area contributed by atoms with Gasteiger partial charge in [0.1, 0.15) is 5.75 Å². The predicted octanol–water partition coefficient (Wildman–Crippen LogP) is 5.70. The minimum Gasteiger partial charge on any atom is -0.508 e. The smallest absolute Gasteiger partial charge is 0.407 e. The van der Waals surface area contributed by atoms with Crippen LogP contribution < -0.4 is 4.90 Å². The Labute approximate surface area is 304 Å². The van der Waals surface area contributed by atoms with Crippen molar-refractivity contribution >= 4 is 23.6 Å². The average Bonchev–Trinajstić information content (AvgIpc) is 3.46. The number of carboxylic acid groups (broad SMARTS) is 1. The maximum atomic E-state index is 15.1. The summed E-state index contributed by atoms with van der Waals surface area (Å²) in [6.45, 7) is 7.28. The number of phenolic OH excluding ortho intramolecular Hbond substituents is 1. The molecule has 2 N–H and O–H groups in total. The number of hydrogen-bond donors (Lipinski definition) is 2. The number of aromatic hydroxyl groups is 1. The summed E-state index contributed by atoms with van der Waals surface area (Å²) in [5.41, 5.74) is 8.13. The largest absolute Gasteiger partial charge is 0.508 e. The number of phenols is 1. The summed E-state index contributed by atoms with van der Waals surface area (Å²) in [7, 11) is 3.61. The van der Waals surface area contributed by atoms with E-state index >= 15 is 4.79 Å². The third kappa shape index (κ3) is 7.03. The lowest BCUT2D eigenvalue weighted by Crippen LogP contribution is -2.45. The lowest BCUT2D eigenvalue weighted by atomic mass is 9.88. The highest BCUT2D eigenvalue weighted by atomic mass is 16.5. The quantitative estimate of drug-likeness (QED) is 0.242. The van der Waals surface area contributed by atoms with Crippen LogP contribution in [-0.4, -0.2) is 99.9 Å². The number of hydrogen-bond acceptors (Lipinski definition) is 6. The predicted molar refractivity (Wildman–Crippen MR) is 199 cm³/mol. The highest BCUT2D eigenvalue weighted by Gasteiger charge is 2.34. The minimum absolute atomic E-state index is 0.00548. The number of ether oxygens (including phenoxy) is 1. The highest BCUT2D eigenvalue weighted by molar-refractivity contribution is 6.08. The molecule has 11 nitrogen and oxygen atoms in total. The summed E-state index contributed by atoms with van der Waals surface area (Å²) >= 11 is 0. The van der Waals surface area contributed by atoms with Gasteiger partial charge in [-0.1, -0.05) is 24.3 Å². The standard InChI is InChI=1S/C41H47N5O6/c1-27-35(39(48)43(3)32-10-12-34(47)13-11-32)24-38(42(27)2)36-22-29-14-16-45(41(50)51)25-31(29)23-37(36)40(49)46-26-30-8-5-4-7-28(30)21-33(46)9-6-15-44-17-19-52-20-18-44/h4-5,7-8,10-13,22-24,33,47H,6,9,14-21,25-26H2,1-3H3,(H,50,51)/t33-/m1/s1. The molecule has 0 saturated carbocycles. The maximum Gasteiger partial charge on any atom is 0.407 e. The van der Waals surface area contributed by atoms with Gasteiger partial charge in [0.05, 0.1) is 18.8 Å². The van der Waals surface area contributed by atoms with Gasteiger partial charge in [-0.3, -0.25) is 14.5 Å². The van der Waals surface area contributed by atoms with Crippen molar-refractivity contribution in [1.82, 2.24) is 19.3 Å². The molecule has 3 amide bonds. The Kier molecular flexibility index (Phi) is 10.1. The molecule has 11 heteroatoms. The zero-order valence-corrected chi connectivity index (χ0v) is 30.2. The van der Waals surface area contributed by atoms with E-state index in [0.29, 0.717) is 36.3 Å². The van der Waals surface area contributed by atoms with Crippen LogP contribution in [0.1, 0.15) is 61.5 Å². The molecule has 3 aliphatic heterocycles. The van der Waals surface area contributed by atoms with Gasteiger partial charge in [0.25, 0.3) is 11.8 Å². The first-order valence-corrected chi connectivity index (χ1v) is 18.1. The number of rotatable bonds is 8. The molecule has 0 aliphatic carbocycles. The molecule has 0 bridgehead atoms. The number of benzene rings is 3. The normalized spacial score (nSPS) is 17.4. The van der Waals surface area contributed by atoms with Gasteiger partial charge in [-0.25, -0.2) is 4.79 Å². The van der Waals surface area contributed by atoms with Crippen molar-refractivity contribution in [3.8, 4) is 17.0 Å². The van der Waals surface area contributed by atoms with Gasteiger partial charge in [-0.15, -0.1) is 0 Å². The van der Waals surface area contributed by atoms with Crippen molar-refractivity contribution in [1.29, 1.82) is 0 Å². The van der Waals surface area contributed by atoms with Crippen molar-refractivity contribution in [2.75, 3.05) is 51.3 Å². The van der Waals surface area contributed by atoms with Gasteiger partial charge in [-0.05, 0) is 104 Å². The molecular weight excluding hydrogens is 658 g/mol. The molecular formula is C41H47N5O6. The highest BCUT2D eigenvalue weighted by Crippen LogP contribution is 2.36. The SMILES string of the molecule is Cc1c(C(=O)N(C)c2ccc(O)cc2)cc(-c2cc3c(cc2C(=O)N2Cc4ccccc4C[C@H]2CCCN2CCOCC2)CN(C(=O)O)CC3)n1C. The van der Waals surface area contributed by atoms with Crippen molar-refractivity contribution in [2.24, 2.45) is 7.05 Å². The van der Waals surface area contributed by atoms with Gasteiger partial charge in [0.2, 0.25) is 0 Å². The van der Waals surface area contributed by atoms with E-state index in [0.717, 1.165) is 85.8 Å².